The Kier molecular flexibility index (Phi) is 7.12. The third-order valence-corrected chi connectivity index (χ3v) is 5.95. The Balaban J connectivity index is 1.27. The van der Waals surface area contributed by atoms with Gasteiger partial charge in [-0.15, -0.1) is 0 Å². The lowest BCUT2D eigenvalue weighted by Gasteiger charge is -2.33. The highest BCUT2D eigenvalue weighted by Crippen LogP contribution is 2.21. The second kappa shape index (κ2) is 10.4. The molecule has 5 amide bonds. The summed E-state index contributed by atoms with van der Waals surface area (Å²) in [5.41, 5.74) is 3.03. The van der Waals surface area contributed by atoms with E-state index in [1.54, 1.807) is 24.3 Å². The molecule has 1 heterocycles. The van der Waals surface area contributed by atoms with Gasteiger partial charge in [0.15, 0.2) is 0 Å². The van der Waals surface area contributed by atoms with E-state index in [1.165, 1.54) is 0 Å². The molecule has 2 aromatic rings. The quantitative estimate of drug-likeness (QED) is 0.537. The largest absolute Gasteiger partial charge is 0.338 e. The summed E-state index contributed by atoms with van der Waals surface area (Å²) in [4.78, 5) is 39.1. The molecule has 0 bridgehead atoms. The summed E-state index contributed by atoms with van der Waals surface area (Å²) in [5.74, 6) is 0.132. The molecule has 4 N–H and O–H groups in total. The lowest BCUT2D eigenvalue weighted by Crippen LogP contribution is -2.44. The van der Waals surface area contributed by atoms with Gasteiger partial charge in [-0.3, -0.25) is 4.79 Å². The average Bonchev–Trinajstić information content (AvgIpc) is 3.63. The highest BCUT2D eigenvalue weighted by molar-refractivity contribution is 5.97. The molecular weight excluding hydrogens is 418 g/mol. The Morgan fingerprint density at radius 3 is 2.45 bits per heavy atom. The van der Waals surface area contributed by atoms with Crippen molar-refractivity contribution in [2.45, 2.75) is 38.6 Å². The van der Waals surface area contributed by atoms with Crippen LogP contribution >= 0.6 is 0 Å². The predicted molar refractivity (Wildman–Crippen MR) is 128 cm³/mol. The summed E-state index contributed by atoms with van der Waals surface area (Å²) >= 11 is 0. The van der Waals surface area contributed by atoms with Crippen molar-refractivity contribution >= 4 is 29.3 Å². The van der Waals surface area contributed by atoms with Crippen LogP contribution in [0.15, 0.2) is 48.5 Å². The Hall–Kier alpha value is -3.55. The molecule has 4 rings (SSSR count). The van der Waals surface area contributed by atoms with Gasteiger partial charge in [-0.25, -0.2) is 9.59 Å². The van der Waals surface area contributed by atoms with Gasteiger partial charge in [0.2, 0.25) is 0 Å². The van der Waals surface area contributed by atoms with Gasteiger partial charge in [0.05, 0.1) is 0 Å². The third-order valence-electron chi connectivity index (χ3n) is 5.95. The van der Waals surface area contributed by atoms with Crippen LogP contribution in [0.3, 0.4) is 0 Å². The Morgan fingerprint density at radius 1 is 0.939 bits per heavy atom. The zero-order chi connectivity index (χ0) is 23.2. The molecule has 8 nitrogen and oxygen atoms in total. The molecule has 2 fully saturated rings. The third kappa shape index (κ3) is 6.71. The van der Waals surface area contributed by atoms with E-state index in [0.717, 1.165) is 36.9 Å². The maximum atomic E-state index is 13.1. The minimum absolute atomic E-state index is 0.0601. The van der Waals surface area contributed by atoms with Gasteiger partial charge in [-0.1, -0.05) is 23.8 Å². The molecule has 1 unspecified atom stereocenters. The number of rotatable bonds is 6. The van der Waals surface area contributed by atoms with Gasteiger partial charge in [-0.05, 0) is 68.9 Å². The van der Waals surface area contributed by atoms with E-state index < -0.39 is 0 Å². The monoisotopic (exact) mass is 449 g/mol. The second-order valence-corrected chi connectivity index (χ2v) is 8.91. The van der Waals surface area contributed by atoms with Gasteiger partial charge in [-0.2, -0.15) is 0 Å². The standard InChI is InChI=1S/C25H31N5O3/c1-17-7-9-20(10-8-17)27-24(32)26-15-18-4-3-13-30(16-18)23(31)19-5-2-6-22(14-19)29-25(33)28-21-11-12-21/h2,5-10,14,18,21H,3-4,11-13,15-16H2,1H3,(H2,26,27,32)(H2,28,29,33). The number of amides is 5. The van der Waals surface area contributed by atoms with E-state index in [0.29, 0.717) is 30.9 Å². The molecule has 2 aromatic carbocycles. The van der Waals surface area contributed by atoms with Gasteiger partial charge in [0, 0.05) is 42.6 Å². The number of anilines is 2. The van der Waals surface area contributed by atoms with Crippen molar-refractivity contribution in [1.29, 1.82) is 0 Å². The van der Waals surface area contributed by atoms with E-state index in [-0.39, 0.29) is 29.9 Å². The number of carbonyl (C=O) groups excluding carboxylic acids is 3. The summed E-state index contributed by atoms with van der Waals surface area (Å²) < 4.78 is 0. The van der Waals surface area contributed by atoms with E-state index in [1.807, 2.05) is 36.1 Å². The number of nitrogens with one attached hydrogen (secondary N) is 4. The molecule has 1 aliphatic carbocycles. The number of piperidine rings is 1. The molecule has 1 saturated heterocycles. The molecule has 174 valence electrons. The molecule has 1 aliphatic heterocycles. The van der Waals surface area contributed by atoms with E-state index in [4.69, 9.17) is 0 Å². The van der Waals surface area contributed by atoms with Crippen molar-refractivity contribution in [3.05, 3.63) is 59.7 Å². The molecule has 1 saturated carbocycles. The maximum Gasteiger partial charge on any atom is 0.319 e. The normalized spacial score (nSPS) is 17.7. The van der Waals surface area contributed by atoms with Crippen LogP contribution in [0.1, 0.15) is 41.6 Å². The van der Waals surface area contributed by atoms with Crippen molar-refractivity contribution in [1.82, 2.24) is 15.5 Å². The molecular formula is C25H31N5O3. The van der Waals surface area contributed by atoms with Gasteiger partial charge in [0.1, 0.15) is 0 Å². The van der Waals surface area contributed by atoms with Crippen LogP contribution in [0.25, 0.3) is 0 Å². The van der Waals surface area contributed by atoms with Crippen LogP contribution in [0.2, 0.25) is 0 Å². The van der Waals surface area contributed by atoms with Crippen LogP contribution < -0.4 is 21.3 Å². The highest BCUT2D eigenvalue weighted by atomic mass is 16.2. The minimum Gasteiger partial charge on any atom is -0.338 e. The Bertz CT molecular complexity index is 1000. The topological polar surface area (TPSA) is 103 Å². The van der Waals surface area contributed by atoms with Gasteiger partial charge < -0.3 is 26.2 Å². The zero-order valence-electron chi connectivity index (χ0n) is 18.9. The summed E-state index contributed by atoms with van der Waals surface area (Å²) in [5, 5.41) is 11.4. The average molecular weight is 450 g/mol. The number of aryl methyl sites for hydroxylation is 1. The van der Waals surface area contributed by atoms with Crippen LogP contribution in [0.5, 0.6) is 0 Å². The molecule has 2 aliphatic rings. The first-order valence-corrected chi connectivity index (χ1v) is 11.5. The highest BCUT2D eigenvalue weighted by Gasteiger charge is 2.26. The van der Waals surface area contributed by atoms with E-state index in [9.17, 15) is 14.4 Å². The van der Waals surface area contributed by atoms with Gasteiger partial charge in [0.25, 0.3) is 5.91 Å². The summed E-state index contributed by atoms with van der Waals surface area (Å²) in [6.45, 7) is 3.78. The molecule has 33 heavy (non-hydrogen) atoms. The van der Waals surface area contributed by atoms with Crippen molar-refractivity contribution in [2.24, 2.45) is 5.92 Å². The Morgan fingerprint density at radius 2 is 1.70 bits per heavy atom. The first kappa shape index (κ1) is 22.6. The number of carbonyl (C=O) groups is 3. The van der Waals surface area contributed by atoms with Crippen LogP contribution in [-0.4, -0.2) is 48.5 Å². The second-order valence-electron chi connectivity index (χ2n) is 8.91. The van der Waals surface area contributed by atoms with Crippen molar-refractivity contribution in [3.63, 3.8) is 0 Å². The number of hydrogen-bond acceptors (Lipinski definition) is 3. The Labute approximate surface area is 194 Å². The van der Waals surface area contributed by atoms with E-state index in [2.05, 4.69) is 21.3 Å². The molecule has 8 heteroatoms. The first-order valence-electron chi connectivity index (χ1n) is 11.5. The summed E-state index contributed by atoms with van der Waals surface area (Å²) in [6.07, 6.45) is 3.88. The lowest BCUT2D eigenvalue weighted by atomic mass is 9.97. The van der Waals surface area contributed by atoms with Crippen LogP contribution in [0.4, 0.5) is 21.0 Å². The number of urea groups is 2. The lowest BCUT2D eigenvalue weighted by molar-refractivity contribution is 0.0675. The maximum absolute atomic E-state index is 13.1. The molecule has 0 radical (unpaired) electrons. The van der Waals surface area contributed by atoms with Crippen LogP contribution in [-0.2, 0) is 0 Å². The SMILES string of the molecule is Cc1ccc(NC(=O)NCC2CCCN(C(=O)c3cccc(NC(=O)NC4CC4)c3)C2)cc1. The van der Waals surface area contributed by atoms with Crippen molar-refractivity contribution < 1.29 is 14.4 Å². The summed E-state index contributed by atoms with van der Waals surface area (Å²) in [6, 6.07) is 14.5. The van der Waals surface area contributed by atoms with Crippen molar-refractivity contribution in [3.8, 4) is 0 Å². The zero-order valence-corrected chi connectivity index (χ0v) is 18.9. The van der Waals surface area contributed by atoms with Gasteiger partial charge >= 0.3 is 12.1 Å². The molecule has 0 aromatic heterocycles. The fourth-order valence-corrected chi connectivity index (χ4v) is 3.96. The van der Waals surface area contributed by atoms with Crippen LogP contribution in [0, 0.1) is 12.8 Å². The molecule has 1 atom stereocenters. The number of hydrogen-bond donors (Lipinski definition) is 4. The van der Waals surface area contributed by atoms with Crippen molar-refractivity contribution in [2.75, 3.05) is 30.3 Å². The summed E-state index contributed by atoms with van der Waals surface area (Å²) in [7, 11) is 0. The molecule has 0 spiro atoms. The fraction of sp³-hybridized carbons (Fsp3) is 0.400. The number of nitrogens with zero attached hydrogens (tertiary/aromatic N) is 1. The first-order chi connectivity index (χ1) is 16.0. The van der Waals surface area contributed by atoms with E-state index >= 15 is 0 Å². The number of likely N-dealkylation sites (tertiary alicyclic amines) is 1. The number of benzene rings is 2. The fourth-order valence-electron chi connectivity index (χ4n) is 3.96. The minimum atomic E-state index is -0.245. The smallest absolute Gasteiger partial charge is 0.319 e. The predicted octanol–water partition coefficient (Wildman–Crippen LogP) is 3.95.